The van der Waals surface area contributed by atoms with Crippen LogP contribution >= 0.6 is 0 Å². The normalized spacial score (nSPS) is 41.9. The molecule has 0 radical (unpaired) electrons. The van der Waals surface area contributed by atoms with E-state index in [4.69, 9.17) is 25.6 Å². The van der Waals surface area contributed by atoms with Crippen molar-refractivity contribution in [2.75, 3.05) is 6.61 Å². The van der Waals surface area contributed by atoms with E-state index < -0.39 is 24.5 Å². The van der Waals surface area contributed by atoms with Gasteiger partial charge in [0.2, 0.25) is 0 Å². The van der Waals surface area contributed by atoms with E-state index in [1.54, 1.807) is 0 Å². The molecule has 0 aromatic heterocycles. The van der Waals surface area contributed by atoms with Gasteiger partial charge in [-0.25, -0.2) is 0 Å². The third kappa shape index (κ3) is 1.66. The van der Waals surface area contributed by atoms with Crippen molar-refractivity contribution >= 4 is 0 Å². The molecule has 3 N–H and O–H groups in total. The minimum Gasteiger partial charge on any atom is -0.388 e. The van der Waals surface area contributed by atoms with Crippen molar-refractivity contribution < 1.29 is 20.1 Å². The number of aliphatic hydroxyl groups excluding tert-OH is 3. The van der Waals surface area contributed by atoms with Crippen LogP contribution in [0.15, 0.2) is 5.11 Å². The van der Waals surface area contributed by atoms with Crippen LogP contribution in [0.4, 0.5) is 0 Å². The van der Waals surface area contributed by atoms with E-state index in [-0.39, 0.29) is 6.61 Å². The van der Waals surface area contributed by atoms with Gasteiger partial charge < -0.3 is 20.1 Å². The summed E-state index contributed by atoms with van der Waals surface area (Å²) >= 11 is 0. The highest BCUT2D eigenvalue weighted by Gasteiger charge is 2.36. The molecule has 1 fully saturated rings. The first-order valence-corrected chi connectivity index (χ1v) is 3.37. The molecule has 68 valence electrons. The Balaban J connectivity index is 2.64. The van der Waals surface area contributed by atoms with Gasteiger partial charge in [-0.1, -0.05) is 5.11 Å². The van der Waals surface area contributed by atoms with E-state index in [1.165, 1.54) is 0 Å². The summed E-state index contributed by atoms with van der Waals surface area (Å²) in [5.74, 6) is 0. The van der Waals surface area contributed by atoms with Gasteiger partial charge in [-0.15, -0.1) is 0 Å². The lowest BCUT2D eigenvalue weighted by molar-refractivity contribution is -0.184. The molecule has 1 saturated heterocycles. The van der Waals surface area contributed by atoms with Crippen molar-refractivity contribution in [1.82, 2.24) is 0 Å². The van der Waals surface area contributed by atoms with Gasteiger partial charge in [-0.2, -0.15) is 0 Å². The van der Waals surface area contributed by atoms with Crippen molar-refractivity contribution in [3.8, 4) is 0 Å². The van der Waals surface area contributed by atoms with Gasteiger partial charge in [0.15, 0.2) is 6.23 Å². The van der Waals surface area contributed by atoms with Gasteiger partial charge in [-0.05, 0) is 5.53 Å². The second-order valence-electron chi connectivity index (χ2n) is 2.48. The Hall–Kier alpha value is -0.850. The Morgan fingerprint density at radius 2 is 2.00 bits per heavy atom. The molecule has 0 aromatic rings. The van der Waals surface area contributed by atoms with E-state index in [0.717, 1.165) is 0 Å². The fraction of sp³-hybridized carbons (Fsp3) is 1.00. The lowest BCUT2D eigenvalue weighted by Gasteiger charge is -2.32. The number of azide groups is 1. The maximum absolute atomic E-state index is 9.14. The fourth-order valence-corrected chi connectivity index (χ4v) is 0.943. The number of rotatable bonds is 1. The van der Waals surface area contributed by atoms with Crippen molar-refractivity contribution in [3.63, 3.8) is 0 Å². The lowest BCUT2D eigenvalue weighted by Crippen LogP contribution is -2.51. The maximum atomic E-state index is 9.14. The summed E-state index contributed by atoms with van der Waals surface area (Å²) in [4.78, 5) is 2.42. The molecule has 12 heavy (non-hydrogen) atoms. The molecule has 1 rings (SSSR count). The zero-order chi connectivity index (χ0) is 9.14. The molecule has 1 aliphatic heterocycles. The number of aliphatic hydroxyl groups is 3. The SMILES string of the molecule is [N-]=[N+]=NC1OC[C@@H](O)[C@H](O)[C@H]1O. The van der Waals surface area contributed by atoms with Crippen LogP contribution in [0.1, 0.15) is 0 Å². The quantitative estimate of drug-likeness (QED) is 0.261. The smallest absolute Gasteiger partial charge is 0.165 e. The average Bonchev–Trinajstić information content (AvgIpc) is 2.07. The number of ether oxygens (including phenoxy) is 1. The van der Waals surface area contributed by atoms with E-state index >= 15 is 0 Å². The predicted molar refractivity (Wildman–Crippen MR) is 36.9 cm³/mol. The molecule has 4 atom stereocenters. The zero-order valence-electron chi connectivity index (χ0n) is 6.11. The van der Waals surface area contributed by atoms with Crippen LogP contribution in [0.25, 0.3) is 10.4 Å². The molecule has 1 aliphatic rings. The standard InChI is InChI=1S/C5H9N3O4/c6-8-7-5-4(11)3(10)2(9)1-12-5/h2-5,9-11H,1H2/t2-,3+,4-,5?/m1/s1. The summed E-state index contributed by atoms with van der Waals surface area (Å²) in [7, 11) is 0. The fourth-order valence-electron chi connectivity index (χ4n) is 0.943. The summed E-state index contributed by atoms with van der Waals surface area (Å²) in [5, 5.41) is 30.3. The highest BCUT2D eigenvalue weighted by atomic mass is 16.5. The third-order valence-electron chi connectivity index (χ3n) is 1.64. The van der Waals surface area contributed by atoms with E-state index in [2.05, 4.69) is 10.0 Å². The second kappa shape index (κ2) is 3.70. The van der Waals surface area contributed by atoms with Gasteiger partial charge >= 0.3 is 0 Å². The minimum absolute atomic E-state index is 0.151. The first-order chi connectivity index (χ1) is 5.66. The van der Waals surface area contributed by atoms with Gasteiger partial charge in [-0.3, -0.25) is 0 Å². The Morgan fingerprint density at radius 1 is 1.33 bits per heavy atom. The summed E-state index contributed by atoms with van der Waals surface area (Å²) in [6.45, 7) is -0.151. The van der Waals surface area contributed by atoms with E-state index in [9.17, 15) is 0 Å². The summed E-state index contributed by atoms with van der Waals surface area (Å²) < 4.78 is 4.73. The maximum Gasteiger partial charge on any atom is 0.165 e. The van der Waals surface area contributed by atoms with Crippen LogP contribution in [0.3, 0.4) is 0 Å². The van der Waals surface area contributed by atoms with Crippen molar-refractivity contribution in [2.45, 2.75) is 24.5 Å². The van der Waals surface area contributed by atoms with Crippen LogP contribution in [0.5, 0.6) is 0 Å². The minimum atomic E-state index is -1.37. The van der Waals surface area contributed by atoms with Crippen LogP contribution in [0, 0.1) is 0 Å². The molecular formula is C5H9N3O4. The summed E-state index contributed by atoms with van der Waals surface area (Å²) in [6, 6.07) is 0. The van der Waals surface area contributed by atoms with Crippen LogP contribution < -0.4 is 0 Å². The molecule has 0 saturated carbocycles. The number of hydrogen-bond donors (Lipinski definition) is 3. The molecule has 7 nitrogen and oxygen atoms in total. The van der Waals surface area contributed by atoms with Gasteiger partial charge in [0, 0.05) is 4.91 Å². The topological polar surface area (TPSA) is 119 Å². The Kier molecular flexibility index (Phi) is 2.85. The van der Waals surface area contributed by atoms with Crippen molar-refractivity contribution in [3.05, 3.63) is 10.4 Å². The van der Waals surface area contributed by atoms with Crippen LogP contribution in [-0.2, 0) is 4.74 Å². The van der Waals surface area contributed by atoms with Crippen LogP contribution in [0.2, 0.25) is 0 Å². The van der Waals surface area contributed by atoms with E-state index in [1.807, 2.05) is 0 Å². The third-order valence-corrected chi connectivity index (χ3v) is 1.64. The zero-order valence-corrected chi connectivity index (χ0v) is 6.11. The second-order valence-corrected chi connectivity index (χ2v) is 2.48. The monoisotopic (exact) mass is 175 g/mol. The highest BCUT2D eigenvalue weighted by molar-refractivity contribution is 4.85. The summed E-state index contributed by atoms with van der Waals surface area (Å²) in [5.41, 5.74) is 8.01. The molecule has 0 aliphatic carbocycles. The molecule has 0 aromatic carbocycles. The van der Waals surface area contributed by atoms with Gasteiger partial charge in [0.05, 0.1) is 6.61 Å². The van der Waals surface area contributed by atoms with Crippen molar-refractivity contribution in [1.29, 1.82) is 0 Å². The van der Waals surface area contributed by atoms with Crippen molar-refractivity contribution in [2.24, 2.45) is 5.11 Å². The predicted octanol–water partition coefficient (Wildman–Crippen LogP) is -1.26. The molecule has 1 unspecified atom stereocenters. The number of nitrogens with zero attached hydrogens (tertiary/aromatic N) is 3. The largest absolute Gasteiger partial charge is 0.388 e. The molecular weight excluding hydrogens is 166 g/mol. The number of hydrogen-bond acceptors (Lipinski definition) is 5. The molecule has 0 bridgehead atoms. The average molecular weight is 175 g/mol. The molecule has 1 heterocycles. The van der Waals surface area contributed by atoms with Gasteiger partial charge in [0.1, 0.15) is 18.3 Å². The van der Waals surface area contributed by atoms with Crippen LogP contribution in [-0.4, -0.2) is 46.5 Å². The lowest BCUT2D eigenvalue weighted by atomic mass is 10.1. The van der Waals surface area contributed by atoms with E-state index in [0.29, 0.717) is 0 Å². The highest BCUT2D eigenvalue weighted by Crippen LogP contribution is 2.16. The summed E-state index contributed by atoms with van der Waals surface area (Å²) in [6.07, 6.45) is -4.95. The Labute approximate surface area is 67.8 Å². The first kappa shape index (κ1) is 9.24. The molecule has 0 spiro atoms. The molecule has 0 amide bonds. The first-order valence-electron chi connectivity index (χ1n) is 3.37. The Bertz CT molecular complexity index is 205. The molecule has 7 heteroatoms. The van der Waals surface area contributed by atoms with Gasteiger partial charge in [0.25, 0.3) is 0 Å². The Morgan fingerprint density at radius 3 is 2.58 bits per heavy atom.